The molecule has 7 heteroatoms. The van der Waals surface area contributed by atoms with Crippen LogP contribution in [0, 0.1) is 11.8 Å². The number of fused-ring (bicyclic) bond motifs is 5. The molecule has 2 bridgehead atoms. The van der Waals surface area contributed by atoms with Crippen LogP contribution in [0.4, 0.5) is 0 Å². The van der Waals surface area contributed by atoms with E-state index in [-0.39, 0.29) is 35.9 Å². The number of hydrogen-bond acceptors (Lipinski definition) is 6. The lowest BCUT2D eigenvalue weighted by molar-refractivity contribution is -0.145. The smallest absolute Gasteiger partial charge is 0.249 e. The lowest BCUT2D eigenvalue weighted by Crippen LogP contribution is -2.36. The van der Waals surface area contributed by atoms with Crippen molar-refractivity contribution in [2.75, 3.05) is 0 Å². The van der Waals surface area contributed by atoms with E-state index in [9.17, 15) is 9.59 Å². The molecule has 3 saturated heterocycles. The van der Waals surface area contributed by atoms with E-state index in [1.807, 2.05) is 0 Å². The first-order chi connectivity index (χ1) is 12.1. The summed E-state index contributed by atoms with van der Waals surface area (Å²) in [5.41, 5.74) is 0. The normalized spacial score (nSPS) is 36.3. The maximum absolute atomic E-state index is 12.8. The Kier molecular flexibility index (Phi) is 3.48. The summed E-state index contributed by atoms with van der Waals surface area (Å²) in [6.07, 6.45) is 7.38. The van der Waals surface area contributed by atoms with Gasteiger partial charge in [-0.3, -0.25) is 14.5 Å². The van der Waals surface area contributed by atoms with E-state index in [0.29, 0.717) is 11.8 Å². The third kappa shape index (κ3) is 2.21. The highest BCUT2D eigenvalue weighted by Gasteiger charge is 2.63. The fourth-order valence-corrected chi connectivity index (χ4v) is 5.17. The summed E-state index contributed by atoms with van der Waals surface area (Å²) in [4.78, 5) is 31.6. The molecule has 1 saturated carbocycles. The number of amides is 2. The van der Waals surface area contributed by atoms with Crippen LogP contribution in [0.25, 0.3) is 0 Å². The summed E-state index contributed by atoms with van der Waals surface area (Å²) in [6, 6.07) is -0.505. The van der Waals surface area contributed by atoms with Crippen molar-refractivity contribution in [2.24, 2.45) is 11.8 Å². The highest BCUT2D eigenvalue weighted by atomic mass is 16.5. The van der Waals surface area contributed by atoms with E-state index < -0.39 is 6.04 Å². The van der Waals surface area contributed by atoms with Crippen LogP contribution in [-0.4, -0.2) is 39.1 Å². The van der Waals surface area contributed by atoms with Crippen molar-refractivity contribution in [3.8, 4) is 0 Å². The number of aromatic nitrogens is 2. The molecule has 1 aliphatic carbocycles. The Morgan fingerprint density at radius 3 is 2.28 bits per heavy atom. The summed E-state index contributed by atoms with van der Waals surface area (Å²) < 4.78 is 11.2. The Balaban J connectivity index is 1.37. The quantitative estimate of drug-likeness (QED) is 0.782. The average Bonchev–Trinajstić information content (AvgIpc) is 3.39. The molecule has 0 N–H and O–H groups in total. The lowest BCUT2D eigenvalue weighted by Gasteiger charge is -2.21. The molecule has 5 unspecified atom stereocenters. The van der Waals surface area contributed by atoms with Gasteiger partial charge < -0.3 is 9.26 Å². The molecule has 4 fully saturated rings. The lowest BCUT2D eigenvalue weighted by atomic mass is 9.81. The minimum absolute atomic E-state index is 0.0934. The minimum Gasteiger partial charge on any atom is -0.373 e. The van der Waals surface area contributed by atoms with Gasteiger partial charge >= 0.3 is 0 Å². The summed E-state index contributed by atoms with van der Waals surface area (Å²) in [7, 11) is 0. The standard InChI is InChI=1S/C18H23N3O4/c1-9(16-19-15(20-25-16)10-5-3-2-4-6-10)21-17(22)13-11-7-8-12(24-11)14(13)18(21)23/h9-14H,2-8H2,1H3. The maximum atomic E-state index is 12.8. The van der Waals surface area contributed by atoms with Crippen molar-refractivity contribution in [3.63, 3.8) is 0 Å². The van der Waals surface area contributed by atoms with Crippen molar-refractivity contribution in [1.82, 2.24) is 15.0 Å². The summed E-state index contributed by atoms with van der Waals surface area (Å²) in [5.74, 6) is 0.551. The molecule has 0 spiro atoms. The molecular weight excluding hydrogens is 322 g/mol. The SMILES string of the molecule is CC(c1nc(C2CCCCC2)no1)N1C(=O)C2C3CCC(O3)C2C1=O. The number of hydrogen-bond donors (Lipinski definition) is 0. The molecule has 1 aromatic heterocycles. The van der Waals surface area contributed by atoms with E-state index in [4.69, 9.17) is 9.26 Å². The number of carbonyl (C=O) groups excluding carboxylic acids is 2. The largest absolute Gasteiger partial charge is 0.373 e. The van der Waals surface area contributed by atoms with Crippen molar-refractivity contribution in [1.29, 1.82) is 0 Å². The molecule has 4 aliphatic rings. The molecule has 7 nitrogen and oxygen atoms in total. The van der Waals surface area contributed by atoms with E-state index >= 15 is 0 Å². The molecule has 0 radical (unpaired) electrons. The number of carbonyl (C=O) groups is 2. The zero-order valence-corrected chi connectivity index (χ0v) is 14.4. The van der Waals surface area contributed by atoms with Crippen molar-refractivity contribution >= 4 is 11.8 Å². The Morgan fingerprint density at radius 2 is 1.64 bits per heavy atom. The van der Waals surface area contributed by atoms with Crippen molar-refractivity contribution in [3.05, 3.63) is 11.7 Å². The van der Waals surface area contributed by atoms with Gasteiger partial charge in [-0.25, -0.2) is 0 Å². The highest BCUT2D eigenvalue weighted by molar-refractivity contribution is 6.06. The fourth-order valence-electron chi connectivity index (χ4n) is 5.17. The third-order valence-corrected chi connectivity index (χ3v) is 6.49. The van der Waals surface area contributed by atoms with Gasteiger partial charge in [-0.2, -0.15) is 4.98 Å². The van der Waals surface area contributed by atoms with Gasteiger partial charge in [-0.05, 0) is 32.6 Å². The first kappa shape index (κ1) is 15.5. The van der Waals surface area contributed by atoms with Gasteiger partial charge in [0.25, 0.3) is 0 Å². The van der Waals surface area contributed by atoms with Crippen molar-refractivity contribution in [2.45, 2.75) is 76.0 Å². The molecule has 134 valence electrons. The topological polar surface area (TPSA) is 85.5 Å². The van der Waals surface area contributed by atoms with Crippen LogP contribution in [0.3, 0.4) is 0 Å². The number of nitrogens with zero attached hydrogens (tertiary/aromatic N) is 3. The van der Waals surface area contributed by atoms with E-state index in [0.717, 1.165) is 31.5 Å². The van der Waals surface area contributed by atoms with Crippen molar-refractivity contribution < 1.29 is 18.8 Å². The molecule has 5 rings (SSSR count). The number of ether oxygens (including phenoxy) is 1. The maximum Gasteiger partial charge on any atom is 0.249 e. The van der Waals surface area contributed by atoms with Gasteiger partial charge in [0, 0.05) is 5.92 Å². The average molecular weight is 345 g/mol. The molecule has 4 heterocycles. The number of imide groups is 1. The fraction of sp³-hybridized carbons (Fsp3) is 0.778. The molecular formula is C18H23N3O4. The first-order valence-corrected chi connectivity index (χ1v) is 9.51. The van der Waals surface area contributed by atoms with Crippen LogP contribution < -0.4 is 0 Å². The third-order valence-electron chi connectivity index (χ3n) is 6.49. The number of likely N-dealkylation sites (tertiary alicyclic amines) is 1. The second kappa shape index (κ2) is 5.62. The Bertz CT molecular complexity index is 683. The summed E-state index contributed by atoms with van der Waals surface area (Å²) in [6.45, 7) is 1.80. The van der Waals surface area contributed by atoms with Crippen LogP contribution in [0.5, 0.6) is 0 Å². The monoisotopic (exact) mass is 345 g/mol. The van der Waals surface area contributed by atoms with Crippen LogP contribution in [0.15, 0.2) is 4.52 Å². The molecule has 3 aliphatic heterocycles. The molecule has 0 aromatic carbocycles. The van der Waals surface area contributed by atoms with E-state index in [1.54, 1.807) is 6.92 Å². The summed E-state index contributed by atoms with van der Waals surface area (Å²) in [5, 5.41) is 4.14. The van der Waals surface area contributed by atoms with Gasteiger partial charge in [0.1, 0.15) is 6.04 Å². The van der Waals surface area contributed by atoms with Crippen LogP contribution in [0.1, 0.15) is 75.5 Å². The van der Waals surface area contributed by atoms with Gasteiger partial charge in [0.15, 0.2) is 5.82 Å². The van der Waals surface area contributed by atoms with Gasteiger partial charge in [-0.15, -0.1) is 0 Å². The second-order valence-corrected chi connectivity index (χ2v) is 7.89. The van der Waals surface area contributed by atoms with Crippen LogP contribution >= 0.6 is 0 Å². The number of rotatable bonds is 3. The Morgan fingerprint density at radius 1 is 1.00 bits per heavy atom. The van der Waals surface area contributed by atoms with Crippen LogP contribution in [0.2, 0.25) is 0 Å². The molecule has 25 heavy (non-hydrogen) atoms. The van der Waals surface area contributed by atoms with Gasteiger partial charge in [0.2, 0.25) is 17.7 Å². The van der Waals surface area contributed by atoms with E-state index in [1.165, 1.54) is 24.2 Å². The zero-order valence-electron chi connectivity index (χ0n) is 14.4. The highest BCUT2D eigenvalue weighted by Crippen LogP contribution is 2.50. The second-order valence-electron chi connectivity index (χ2n) is 7.89. The Labute approximate surface area is 146 Å². The predicted molar refractivity (Wildman–Crippen MR) is 85.3 cm³/mol. The summed E-state index contributed by atoms with van der Waals surface area (Å²) >= 11 is 0. The molecule has 1 aromatic rings. The first-order valence-electron chi connectivity index (χ1n) is 9.51. The predicted octanol–water partition coefficient (Wildman–Crippen LogP) is 2.34. The molecule has 5 atom stereocenters. The van der Waals surface area contributed by atoms with Crippen LogP contribution in [-0.2, 0) is 14.3 Å². The zero-order chi connectivity index (χ0) is 17.1. The van der Waals surface area contributed by atoms with E-state index in [2.05, 4.69) is 10.1 Å². The van der Waals surface area contributed by atoms with Gasteiger partial charge in [-0.1, -0.05) is 24.4 Å². The van der Waals surface area contributed by atoms with Gasteiger partial charge in [0.05, 0.1) is 24.0 Å². The minimum atomic E-state index is -0.505. The Hall–Kier alpha value is -1.76. The molecule has 2 amide bonds.